The number of esters is 1. The van der Waals surface area contributed by atoms with E-state index < -0.39 is 0 Å². The average molecular weight is 291 g/mol. The quantitative estimate of drug-likeness (QED) is 0.518. The highest BCUT2D eigenvalue weighted by atomic mass is 16.5. The lowest BCUT2D eigenvalue weighted by Gasteiger charge is -2.33. The summed E-state index contributed by atoms with van der Waals surface area (Å²) in [6, 6.07) is 10.3. The normalized spacial score (nSPS) is 13.7. The van der Waals surface area contributed by atoms with E-state index >= 15 is 0 Å². The lowest BCUT2D eigenvalue weighted by Crippen LogP contribution is -2.37. The fourth-order valence-electron chi connectivity index (χ4n) is 2.45. The van der Waals surface area contributed by atoms with E-state index in [-0.39, 0.29) is 18.1 Å². The van der Waals surface area contributed by atoms with Crippen molar-refractivity contribution < 1.29 is 14.3 Å². The Balaban J connectivity index is 2.67. The van der Waals surface area contributed by atoms with Crippen molar-refractivity contribution in [3.05, 3.63) is 35.9 Å². The van der Waals surface area contributed by atoms with E-state index in [1.165, 1.54) is 5.56 Å². The highest BCUT2D eigenvalue weighted by molar-refractivity contribution is 5.69. The molecule has 0 saturated heterocycles. The molecular formula is C17H25NO3. The zero-order valence-electron chi connectivity index (χ0n) is 13.1. The molecule has 0 radical (unpaired) electrons. The highest BCUT2D eigenvalue weighted by Crippen LogP contribution is 2.23. The van der Waals surface area contributed by atoms with Crippen LogP contribution in [0, 0.1) is 0 Å². The van der Waals surface area contributed by atoms with Gasteiger partial charge in [-0.3, -0.25) is 9.69 Å². The topological polar surface area (TPSA) is 46.6 Å². The zero-order chi connectivity index (χ0) is 15.7. The van der Waals surface area contributed by atoms with Crippen LogP contribution in [0.5, 0.6) is 0 Å². The summed E-state index contributed by atoms with van der Waals surface area (Å²) in [7, 11) is 0. The van der Waals surface area contributed by atoms with Gasteiger partial charge in [-0.2, -0.15) is 0 Å². The Hall–Kier alpha value is -1.68. The Morgan fingerprint density at radius 2 is 1.95 bits per heavy atom. The van der Waals surface area contributed by atoms with Gasteiger partial charge in [0.25, 0.3) is 0 Å². The van der Waals surface area contributed by atoms with Gasteiger partial charge in [-0.15, -0.1) is 0 Å². The summed E-state index contributed by atoms with van der Waals surface area (Å²) < 4.78 is 4.95. The summed E-state index contributed by atoms with van der Waals surface area (Å²) in [6.45, 7) is 6.70. The van der Waals surface area contributed by atoms with Gasteiger partial charge >= 0.3 is 5.97 Å². The number of hydrogen-bond donors (Lipinski definition) is 0. The van der Waals surface area contributed by atoms with E-state index in [9.17, 15) is 9.59 Å². The number of nitrogens with zero attached hydrogens (tertiary/aromatic N) is 1. The van der Waals surface area contributed by atoms with E-state index in [4.69, 9.17) is 4.74 Å². The summed E-state index contributed by atoms with van der Waals surface area (Å²) in [6.07, 6.45) is 1.98. The predicted molar refractivity (Wildman–Crippen MR) is 83.0 cm³/mol. The molecule has 1 rings (SSSR count). The second-order valence-corrected chi connectivity index (χ2v) is 5.14. The van der Waals surface area contributed by atoms with Crippen LogP contribution in [0.3, 0.4) is 0 Å². The number of carbonyl (C=O) groups excluding carboxylic acids is 2. The first kappa shape index (κ1) is 17.4. The van der Waals surface area contributed by atoms with Crippen molar-refractivity contribution in [1.82, 2.24) is 4.90 Å². The molecule has 0 amide bonds. The SMILES string of the molecule is CCOC(=O)CCC(C)N(CC=O)C(C)c1ccccc1. The lowest BCUT2D eigenvalue weighted by molar-refractivity contribution is -0.143. The van der Waals surface area contributed by atoms with Gasteiger partial charge in [0, 0.05) is 18.5 Å². The van der Waals surface area contributed by atoms with Crippen LogP contribution >= 0.6 is 0 Å². The monoisotopic (exact) mass is 291 g/mol. The van der Waals surface area contributed by atoms with Crippen molar-refractivity contribution in [3.63, 3.8) is 0 Å². The van der Waals surface area contributed by atoms with E-state index in [2.05, 4.69) is 24.0 Å². The second-order valence-electron chi connectivity index (χ2n) is 5.14. The van der Waals surface area contributed by atoms with E-state index in [0.717, 1.165) is 6.29 Å². The van der Waals surface area contributed by atoms with Crippen LogP contribution < -0.4 is 0 Å². The summed E-state index contributed by atoms with van der Waals surface area (Å²) in [4.78, 5) is 24.5. The van der Waals surface area contributed by atoms with Crippen molar-refractivity contribution in [2.75, 3.05) is 13.2 Å². The molecule has 1 aromatic carbocycles. The van der Waals surface area contributed by atoms with E-state index in [1.807, 2.05) is 25.1 Å². The summed E-state index contributed by atoms with van der Waals surface area (Å²) in [5.41, 5.74) is 1.17. The van der Waals surface area contributed by atoms with Crippen LogP contribution in [-0.2, 0) is 14.3 Å². The minimum Gasteiger partial charge on any atom is -0.466 e. The molecule has 4 nitrogen and oxygen atoms in total. The van der Waals surface area contributed by atoms with E-state index in [0.29, 0.717) is 26.0 Å². The van der Waals surface area contributed by atoms with Crippen molar-refractivity contribution >= 4 is 12.3 Å². The van der Waals surface area contributed by atoms with Gasteiger partial charge in [-0.25, -0.2) is 0 Å². The van der Waals surface area contributed by atoms with Crippen LogP contribution in [0.15, 0.2) is 30.3 Å². The number of ether oxygens (including phenoxy) is 1. The third-order valence-electron chi connectivity index (χ3n) is 3.70. The lowest BCUT2D eigenvalue weighted by atomic mass is 10.0. The van der Waals surface area contributed by atoms with Crippen LogP contribution in [-0.4, -0.2) is 36.3 Å². The largest absolute Gasteiger partial charge is 0.466 e. The Morgan fingerprint density at radius 1 is 1.29 bits per heavy atom. The minimum atomic E-state index is -0.178. The molecule has 0 N–H and O–H groups in total. The molecule has 0 aliphatic rings. The first-order valence-corrected chi connectivity index (χ1v) is 7.50. The summed E-state index contributed by atoms with van der Waals surface area (Å²) in [5, 5.41) is 0. The molecule has 2 atom stereocenters. The van der Waals surface area contributed by atoms with Crippen molar-refractivity contribution in [2.24, 2.45) is 0 Å². The Bertz CT molecular complexity index is 433. The van der Waals surface area contributed by atoms with Gasteiger partial charge < -0.3 is 9.53 Å². The number of benzene rings is 1. The second kappa shape index (κ2) is 9.29. The molecule has 0 saturated carbocycles. The molecule has 0 aliphatic heterocycles. The molecular weight excluding hydrogens is 266 g/mol. The van der Waals surface area contributed by atoms with E-state index in [1.54, 1.807) is 6.92 Å². The molecule has 2 unspecified atom stereocenters. The van der Waals surface area contributed by atoms with Crippen LogP contribution in [0.2, 0.25) is 0 Å². The highest BCUT2D eigenvalue weighted by Gasteiger charge is 2.21. The predicted octanol–water partition coefficient (Wildman–Crippen LogP) is 2.98. The molecule has 116 valence electrons. The molecule has 0 heterocycles. The summed E-state index contributed by atoms with van der Waals surface area (Å²) >= 11 is 0. The zero-order valence-corrected chi connectivity index (χ0v) is 13.1. The first-order chi connectivity index (χ1) is 10.1. The minimum absolute atomic E-state index is 0.133. The van der Waals surface area contributed by atoms with Crippen molar-refractivity contribution in [3.8, 4) is 0 Å². The van der Waals surface area contributed by atoms with Crippen molar-refractivity contribution in [2.45, 2.75) is 45.7 Å². The first-order valence-electron chi connectivity index (χ1n) is 7.50. The fourth-order valence-corrected chi connectivity index (χ4v) is 2.45. The Kier molecular flexibility index (Phi) is 7.69. The van der Waals surface area contributed by atoms with Gasteiger partial charge in [0.2, 0.25) is 0 Å². The maximum atomic E-state index is 11.5. The molecule has 1 aromatic rings. The third-order valence-corrected chi connectivity index (χ3v) is 3.70. The maximum Gasteiger partial charge on any atom is 0.305 e. The third kappa shape index (κ3) is 5.68. The van der Waals surface area contributed by atoms with Crippen LogP contribution in [0.4, 0.5) is 0 Å². The van der Waals surface area contributed by atoms with Crippen molar-refractivity contribution in [1.29, 1.82) is 0 Å². The molecule has 0 aromatic heterocycles. The molecule has 0 fully saturated rings. The molecule has 0 bridgehead atoms. The number of rotatable bonds is 9. The number of aldehydes is 1. The van der Waals surface area contributed by atoms with Crippen LogP contribution in [0.1, 0.15) is 45.2 Å². The van der Waals surface area contributed by atoms with Gasteiger partial charge in [0.05, 0.1) is 13.2 Å². The smallest absolute Gasteiger partial charge is 0.305 e. The number of hydrogen-bond acceptors (Lipinski definition) is 4. The van der Waals surface area contributed by atoms with Gasteiger partial charge in [0.15, 0.2) is 0 Å². The summed E-state index contributed by atoms with van der Waals surface area (Å²) in [5.74, 6) is -0.178. The molecule has 0 aliphatic carbocycles. The average Bonchev–Trinajstić information content (AvgIpc) is 2.51. The van der Waals surface area contributed by atoms with Gasteiger partial charge in [0.1, 0.15) is 6.29 Å². The molecule has 4 heteroatoms. The Morgan fingerprint density at radius 3 is 2.52 bits per heavy atom. The Labute approximate surface area is 127 Å². The standard InChI is InChI=1S/C17H25NO3/c1-4-21-17(20)11-10-14(2)18(12-13-19)15(3)16-8-6-5-7-9-16/h5-9,13-15H,4,10-12H2,1-3H3. The number of carbonyl (C=O) groups is 2. The van der Waals surface area contributed by atoms with Gasteiger partial charge in [-0.05, 0) is 32.8 Å². The fraction of sp³-hybridized carbons (Fsp3) is 0.529. The van der Waals surface area contributed by atoms with Gasteiger partial charge in [-0.1, -0.05) is 30.3 Å². The van der Waals surface area contributed by atoms with Crippen LogP contribution in [0.25, 0.3) is 0 Å². The molecule has 21 heavy (non-hydrogen) atoms. The molecule has 0 spiro atoms. The maximum absolute atomic E-state index is 11.5.